The summed E-state index contributed by atoms with van der Waals surface area (Å²) in [6, 6.07) is 0.0150. The summed E-state index contributed by atoms with van der Waals surface area (Å²) in [7, 11) is 7.42. The lowest BCUT2D eigenvalue weighted by atomic mass is 10.0. The van der Waals surface area contributed by atoms with Gasteiger partial charge in [0.25, 0.3) is 0 Å². The zero-order valence-corrected chi connectivity index (χ0v) is 11.4. The van der Waals surface area contributed by atoms with Gasteiger partial charge in [-0.3, -0.25) is 9.36 Å². The van der Waals surface area contributed by atoms with Crippen LogP contribution in [0.25, 0.3) is 0 Å². The zero-order valence-electron chi connectivity index (χ0n) is 11.4. The van der Waals surface area contributed by atoms with Crippen LogP contribution in [0, 0.1) is 6.92 Å². The minimum absolute atomic E-state index is 0.0150. The summed E-state index contributed by atoms with van der Waals surface area (Å²) in [6.07, 6.45) is 3.61. The Hall–Kier alpha value is -1.82. The van der Waals surface area contributed by atoms with Gasteiger partial charge in [0, 0.05) is 25.4 Å². The number of aromatic nitrogens is 4. The Kier molecular flexibility index (Phi) is 3.38. The van der Waals surface area contributed by atoms with Crippen LogP contribution >= 0.6 is 0 Å². The van der Waals surface area contributed by atoms with Gasteiger partial charge in [-0.1, -0.05) is 0 Å². The lowest BCUT2D eigenvalue weighted by Crippen LogP contribution is -2.21. The number of hydrogen-bond donors (Lipinski definition) is 1. The first kappa shape index (κ1) is 12.6. The molecule has 0 spiro atoms. The summed E-state index contributed by atoms with van der Waals surface area (Å²) in [5.74, 6) is 0.778. The van der Waals surface area contributed by atoms with E-state index < -0.39 is 0 Å². The Morgan fingerprint density at radius 2 is 1.89 bits per heavy atom. The van der Waals surface area contributed by atoms with Gasteiger partial charge in [0.15, 0.2) is 5.75 Å². The third-order valence-corrected chi connectivity index (χ3v) is 3.32. The molecule has 0 aliphatic rings. The van der Waals surface area contributed by atoms with E-state index in [1.165, 1.54) is 0 Å². The molecule has 1 unspecified atom stereocenters. The second-order valence-corrected chi connectivity index (χ2v) is 4.25. The van der Waals surface area contributed by atoms with E-state index in [9.17, 15) is 0 Å². The van der Waals surface area contributed by atoms with Crippen molar-refractivity contribution < 1.29 is 4.74 Å². The summed E-state index contributed by atoms with van der Waals surface area (Å²) in [5, 5.41) is 11.8. The average molecular weight is 249 g/mol. The van der Waals surface area contributed by atoms with Crippen molar-refractivity contribution in [3.05, 3.63) is 29.3 Å². The molecule has 0 amide bonds. The Labute approximate surface area is 107 Å². The van der Waals surface area contributed by atoms with Crippen molar-refractivity contribution in [2.75, 3.05) is 14.2 Å². The van der Waals surface area contributed by atoms with E-state index in [1.54, 1.807) is 13.3 Å². The van der Waals surface area contributed by atoms with Crippen molar-refractivity contribution >= 4 is 0 Å². The van der Waals surface area contributed by atoms with Gasteiger partial charge in [0.05, 0.1) is 25.5 Å². The van der Waals surface area contributed by atoms with Crippen molar-refractivity contribution in [1.82, 2.24) is 24.9 Å². The first-order chi connectivity index (χ1) is 8.60. The van der Waals surface area contributed by atoms with Crippen LogP contribution in [-0.4, -0.2) is 33.7 Å². The molecule has 1 atom stereocenters. The van der Waals surface area contributed by atoms with E-state index in [-0.39, 0.29) is 6.04 Å². The van der Waals surface area contributed by atoms with Gasteiger partial charge in [-0.2, -0.15) is 10.2 Å². The Balaban J connectivity index is 2.51. The predicted molar refractivity (Wildman–Crippen MR) is 68.6 cm³/mol. The molecule has 0 bridgehead atoms. The second-order valence-electron chi connectivity index (χ2n) is 4.25. The first-order valence-corrected chi connectivity index (χ1v) is 5.81. The largest absolute Gasteiger partial charge is 0.493 e. The fraction of sp³-hybridized carbons (Fsp3) is 0.500. The van der Waals surface area contributed by atoms with Crippen LogP contribution in [-0.2, 0) is 14.1 Å². The number of aryl methyl sites for hydroxylation is 2. The van der Waals surface area contributed by atoms with Crippen LogP contribution < -0.4 is 10.1 Å². The van der Waals surface area contributed by atoms with E-state index >= 15 is 0 Å². The molecule has 0 fully saturated rings. The van der Waals surface area contributed by atoms with E-state index in [0.29, 0.717) is 0 Å². The molecule has 0 aliphatic heterocycles. The molecular weight excluding hydrogens is 230 g/mol. The van der Waals surface area contributed by atoms with Gasteiger partial charge in [0.2, 0.25) is 0 Å². The highest BCUT2D eigenvalue weighted by Crippen LogP contribution is 2.30. The molecule has 1 N–H and O–H groups in total. The molecule has 2 aromatic heterocycles. The quantitative estimate of drug-likeness (QED) is 0.870. The van der Waals surface area contributed by atoms with Crippen molar-refractivity contribution in [2.24, 2.45) is 14.1 Å². The van der Waals surface area contributed by atoms with Crippen molar-refractivity contribution in [3.63, 3.8) is 0 Å². The highest BCUT2D eigenvalue weighted by Gasteiger charge is 2.24. The van der Waals surface area contributed by atoms with Gasteiger partial charge < -0.3 is 10.1 Å². The standard InChI is InChI=1S/C12H19N5O/c1-8-9(6-14-16(8)3)11(13-2)12-10(18-5)7-15-17(12)4/h6-7,11,13H,1-5H3. The van der Waals surface area contributed by atoms with Gasteiger partial charge in [-0.25, -0.2) is 0 Å². The molecular formula is C12H19N5O. The Bertz CT molecular complexity index is 543. The minimum atomic E-state index is 0.0150. The molecule has 2 heterocycles. The maximum atomic E-state index is 5.37. The maximum absolute atomic E-state index is 5.37. The molecule has 0 aliphatic carbocycles. The smallest absolute Gasteiger partial charge is 0.161 e. The lowest BCUT2D eigenvalue weighted by molar-refractivity contribution is 0.402. The SMILES string of the molecule is CNC(c1cnn(C)c1C)c1c(OC)cnn1C. The van der Waals surface area contributed by atoms with E-state index in [2.05, 4.69) is 22.4 Å². The van der Waals surface area contributed by atoms with Crippen molar-refractivity contribution in [1.29, 1.82) is 0 Å². The molecule has 0 saturated heterocycles. The van der Waals surface area contributed by atoms with Crippen LogP contribution in [0.5, 0.6) is 5.75 Å². The summed E-state index contributed by atoms with van der Waals surface area (Å²) >= 11 is 0. The third kappa shape index (κ3) is 1.88. The normalized spacial score (nSPS) is 12.7. The molecule has 0 aromatic carbocycles. The van der Waals surface area contributed by atoms with Gasteiger partial charge >= 0.3 is 0 Å². The highest BCUT2D eigenvalue weighted by molar-refractivity contribution is 5.37. The maximum Gasteiger partial charge on any atom is 0.161 e. The highest BCUT2D eigenvalue weighted by atomic mass is 16.5. The van der Waals surface area contributed by atoms with Crippen LogP contribution in [0.2, 0.25) is 0 Å². The number of hydrogen-bond acceptors (Lipinski definition) is 4. The zero-order chi connectivity index (χ0) is 13.3. The van der Waals surface area contributed by atoms with E-state index in [4.69, 9.17) is 4.74 Å². The van der Waals surface area contributed by atoms with Gasteiger partial charge in [-0.05, 0) is 14.0 Å². The summed E-state index contributed by atoms with van der Waals surface area (Å²) < 4.78 is 9.06. The first-order valence-electron chi connectivity index (χ1n) is 5.81. The second kappa shape index (κ2) is 4.81. The molecule has 18 heavy (non-hydrogen) atoms. The van der Waals surface area contributed by atoms with Crippen LogP contribution in [0.4, 0.5) is 0 Å². The van der Waals surface area contributed by atoms with Crippen LogP contribution in [0.1, 0.15) is 23.0 Å². The number of nitrogens with one attached hydrogen (secondary N) is 1. The summed E-state index contributed by atoms with van der Waals surface area (Å²) in [4.78, 5) is 0. The van der Waals surface area contributed by atoms with Crippen molar-refractivity contribution in [2.45, 2.75) is 13.0 Å². The fourth-order valence-corrected chi connectivity index (χ4v) is 2.15. The third-order valence-electron chi connectivity index (χ3n) is 3.32. The number of nitrogens with zero attached hydrogens (tertiary/aromatic N) is 4. The summed E-state index contributed by atoms with van der Waals surface area (Å²) in [6.45, 7) is 2.05. The number of methoxy groups -OCH3 is 1. The fourth-order valence-electron chi connectivity index (χ4n) is 2.15. The molecule has 6 heteroatoms. The predicted octanol–water partition coefficient (Wildman–Crippen LogP) is 0.779. The van der Waals surface area contributed by atoms with E-state index in [0.717, 1.165) is 22.7 Å². The van der Waals surface area contributed by atoms with E-state index in [1.807, 2.05) is 36.7 Å². The molecule has 98 valence electrons. The lowest BCUT2D eigenvalue weighted by Gasteiger charge is -2.17. The summed E-state index contributed by atoms with van der Waals surface area (Å²) in [5.41, 5.74) is 3.25. The average Bonchev–Trinajstić information content (AvgIpc) is 2.89. The Morgan fingerprint density at radius 1 is 1.22 bits per heavy atom. The topological polar surface area (TPSA) is 56.9 Å². The van der Waals surface area contributed by atoms with Gasteiger partial charge in [0.1, 0.15) is 5.69 Å². The minimum Gasteiger partial charge on any atom is -0.493 e. The molecule has 0 saturated carbocycles. The number of rotatable bonds is 4. The molecule has 2 aromatic rings. The molecule has 2 rings (SSSR count). The van der Waals surface area contributed by atoms with Crippen LogP contribution in [0.15, 0.2) is 12.4 Å². The van der Waals surface area contributed by atoms with Crippen molar-refractivity contribution in [3.8, 4) is 5.75 Å². The molecule has 6 nitrogen and oxygen atoms in total. The van der Waals surface area contributed by atoms with Gasteiger partial charge in [-0.15, -0.1) is 0 Å². The Morgan fingerprint density at radius 3 is 2.39 bits per heavy atom. The number of ether oxygens (including phenoxy) is 1. The van der Waals surface area contributed by atoms with Crippen LogP contribution in [0.3, 0.4) is 0 Å². The molecule has 0 radical (unpaired) electrons. The monoisotopic (exact) mass is 249 g/mol.